The number of carbonyl (C=O) groups is 1. The molecule has 0 bridgehead atoms. The van der Waals surface area contributed by atoms with E-state index in [0.717, 1.165) is 24.3 Å². The Labute approximate surface area is 95.3 Å². The van der Waals surface area contributed by atoms with Crippen LogP contribution in [0.15, 0.2) is 30.9 Å². The highest BCUT2D eigenvalue weighted by atomic mass is 16.5. The molecule has 1 aromatic rings. The summed E-state index contributed by atoms with van der Waals surface area (Å²) >= 11 is 0. The van der Waals surface area contributed by atoms with Crippen molar-refractivity contribution in [1.82, 2.24) is 4.90 Å². The zero-order valence-electron chi connectivity index (χ0n) is 9.40. The molecule has 1 aliphatic rings. The first kappa shape index (κ1) is 10.7. The summed E-state index contributed by atoms with van der Waals surface area (Å²) in [4.78, 5) is 13.3. The van der Waals surface area contributed by atoms with Gasteiger partial charge in [-0.15, -0.1) is 0 Å². The third-order valence-corrected chi connectivity index (χ3v) is 2.94. The molecule has 0 unspecified atom stereocenters. The van der Waals surface area contributed by atoms with Gasteiger partial charge in [-0.2, -0.15) is 0 Å². The highest BCUT2D eigenvalue weighted by Gasteiger charge is 2.21. The lowest BCUT2D eigenvalue weighted by atomic mass is 9.99. The van der Waals surface area contributed by atoms with Gasteiger partial charge in [-0.05, 0) is 24.1 Å². The number of methoxy groups -OCH3 is 1. The summed E-state index contributed by atoms with van der Waals surface area (Å²) in [5.41, 5.74) is 2.39. The standard InChI is InChI=1S/C13H15NO2/c1-3-13(15)14-8-7-10-5-4-6-12(16-2)11(10)9-14/h3-6H,1,7-9H2,2H3. The van der Waals surface area contributed by atoms with Gasteiger partial charge in [0.2, 0.25) is 5.91 Å². The third kappa shape index (κ3) is 1.81. The SMILES string of the molecule is C=CC(=O)N1CCc2cccc(OC)c2C1. The van der Waals surface area contributed by atoms with Crippen LogP contribution in [0.3, 0.4) is 0 Å². The minimum atomic E-state index is -0.0171. The normalized spacial score (nSPS) is 14.2. The molecule has 1 heterocycles. The molecule has 0 aromatic heterocycles. The van der Waals surface area contributed by atoms with E-state index in [2.05, 4.69) is 12.6 Å². The molecule has 16 heavy (non-hydrogen) atoms. The maximum absolute atomic E-state index is 11.5. The smallest absolute Gasteiger partial charge is 0.246 e. The summed E-state index contributed by atoms with van der Waals surface area (Å²) in [5.74, 6) is 0.843. The maximum atomic E-state index is 11.5. The highest BCUT2D eigenvalue weighted by molar-refractivity contribution is 5.87. The van der Waals surface area contributed by atoms with E-state index in [1.54, 1.807) is 12.0 Å². The second-order valence-corrected chi connectivity index (χ2v) is 3.81. The number of fused-ring (bicyclic) bond motifs is 1. The van der Waals surface area contributed by atoms with Crippen LogP contribution in [0.1, 0.15) is 11.1 Å². The zero-order valence-corrected chi connectivity index (χ0v) is 9.40. The molecule has 0 fully saturated rings. The Morgan fingerprint density at radius 2 is 2.38 bits per heavy atom. The van der Waals surface area contributed by atoms with Crippen LogP contribution in [0.4, 0.5) is 0 Å². The molecule has 3 nitrogen and oxygen atoms in total. The summed E-state index contributed by atoms with van der Waals surface area (Å²) in [6.45, 7) is 4.88. The molecule has 1 aliphatic heterocycles. The third-order valence-electron chi connectivity index (χ3n) is 2.94. The van der Waals surface area contributed by atoms with E-state index >= 15 is 0 Å². The molecule has 0 radical (unpaired) electrons. The molecule has 3 heteroatoms. The molecule has 1 aromatic carbocycles. The largest absolute Gasteiger partial charge is 0.496 e. The highest BCUT2D eigenvalue weighted by Crippen LogP contribution is 2.27. The van der Waals surface area contributed by atoms with E-state index < -0.39 is 0 Å². The van der Waals surface area contributed by atoms with Crippen molar-refractivity contribution in [3.8, 4) is 5.75 Å². The number of carbonyl (C=O) groups excluding carboxylic acids is 1. The van der Waals surface area contributed by atoms with Crippen molar-refractivity contribution in [2.24, 2.45) is 0 Å². The second kappa shape index (κ2) is 4.39. The molecule has 1 amide bonds. The van der Waals surface area contributed by atoms with E-state index in [1.165, 1.54) is 11.6 Å². The van der Waals surface area contributed by atoms with Gasteiger partial charge in [0.25, 0.3) is 0 Å². The van der Waals surface area contributed by atoms with Crippen LogP contribution in [0.5, 0.6) is 5.75 Å². The van der Waals surface area contributed by atoms with Gasteiger partial charge in [0.1, 0.15) is 5.75 Å². The van der Waals surface area contributed by atoms with Gasteiger partial charge < -0.3 is 9.64 Å². The molecule has 0 saturated heterocycles. The summed E-state index contributed by atoms with van der Waals surface area (Å²) in [5, 5.41) is 0. The molecule has 84 valence electrons. The minimum Gasteiger partial charge on any atom is -0.496 e. The summed E-state index contributed by atoms with van der Waals surface area (Å²) in [6.07, 6.45) is 2.24. The molecule has 0 atom stereocenters. The fraction of sp³-hybridized carbons (Fsp3) is 0.308. The first-order chi connectivity index (χ1) is 7.76. The van der Waals surface area contributed by atoms with E-state index in [4.69, 9.17) is 4.74 Å². The van der Waals surface area contributed by atoms with Gasteiger partial charge in [0.15, 0.2) is 0 Å². The Bertz CT molecular complexity index is 412. The Morgan fingerprint density at radius 1 is 1.56 bits per heavy atom. The number of hydrogen-bond donors (Lipinski definition) is 0. The van der Waals surface area contributed by atoms with Gasteiger partial charge >= 0.3 is 0 Å². The van der Waals surface area contributed by atoms with Crippen LogP contribution in [-0.2, 0) is 17.8 Å². The van der Waals surface area contributed by atoms with Crippen LogP contribution in [-0.4, -0.2) is 24.5 Å². The zero-order chi connectivity index (χ0) is 11.5. The lowest BCUT2D eigenvalue weighted by molar-refractivity contribution is -0.126. The van der Waals surface area contributed by atoms with Crippen molar-refractivity contribution in [2.75, 3.05) is 13.7 Å². The molecule has 2 rings (SSSR count). The van der Waals surface area contributed by atoms with Crippen molar-refractivity contribution in [3.05, 3.63) is 42.0 Å². The Hall–Kier alpha value is -1.77. The second-order valence-electron chi connectivity index (χ2n) is 3.81. The van der Waals surface area contributed by atoms with E-state index in [-0.39, 0.29) is 5.91 Å². The van der Waals surface area contributed by atoms with Crippen LogP contribution in [0.25, 0.3) is 0 Å². The van der Waals surface area contributed by atoms with E-state index in [9.17, 15) is 4.79 Å². The number of benzene rings is 1. The number of nitrogens with zero attached hydrogens (tertiary/aromatic N) is 1. The summed E-state index contributed by atoms with van der Waals surface area (Å²) in [7, 11) is 1.66. The lowest BCUT2D eigenvalue weighted by Crippen LogP contribution is -2.34. The Balaban J connectivity index is 2.31. The maximum Gasteiger partial charge on any atom is 0.246 e. The summed E-state index contributed by atoms with van der Waals surface area (Å²) in [6, 6.07) is 6.01. The van der Waals surface area contributed by atoms with Gasteiger partial charge in [0, 0.05) is 18.7 Å². The predicted octanol–water partition coefficient (Wildman–Crippen LogP) is 1.77. The van der Waals surface area contributed by atoms with Gasteiger partial charge in [-0.25, -0.2) is 0 Å². The number of hydrogen-bond acceptors (Lipinski definition) is 2. The van der Waals surface area contributed by atoms with Gasteiger partial charge in [0.05, 0.1) is 7.11 Å². The molecular formula is C13H15NO2. The van der Waals surface area contributed by atoms with Crippen LogP contribution in [0.2, 0.25) is 0 Å². The molecule has 0 N–H and O–H groups in total. The lowest BCUT2D eigenvalue weighted by Gasteiger charge is -2.29. The fourth-order valence-corrected chi connectivity index (χ4v) is 2.06. The van der Waals surface area contributed by atoms with Crippen LogP contribution < -0.4 is 4.74 Å². The first-order valence-electron chi connectivity index (χ1n) is 5.32. The minimum absolute atomic E-state index is 0.0171. The average Bonchev–Trinajstić information content (AvgIpc) is 2.36. The van der Waals surface area contributed by atoms with Gasteiger partial charge in [-0.3, -0.25) is 4.79 Å². The first-order valence-corrected chi connectivity index (χ1v) is 5.32. The predicted molar refractivity (Wildman–Crippen MR) is 62.3 cm³/mol. The molecule has 0 aliphatic carbocycles. The quantitative estimate of drug-likeness (QED) is 0.706. The summed E-state index contributed by atoms with van der Waals surface area (Å²) < 4.78 is 5.31. The van der Waals surface area contributed by atoms with Crippen molar-refractivity contribution < 1.29 is 9.53 Å². The van der Waals surface area contributed by atoms with Crippen molar-refractivity contribution >= 4 is 5.91 Å². The van der Waals surface area contributed by atoms with Crippen LogP contribution >= 0.6 is 0 Å². The Morgan fingerprint density at radius 3 is 3.06 bits per heavy atom. The average molecular weight is 217 g/mol. The van der Waals surface area contributed by atoms with E-state index in [1.807, 2.05) is 12.1 Å². The van der Waals surface area contributed by atoms with Crippen LogP contribution in [0, 0.1) is 0 Å². The molecule has 0 spiro atoms. The number of amides is 1. The Kier molecular flexibility index (Phi) is 2.95. The molecule has 0 saturated carbocycles. The molecular weight excluding hydrogens is 202 g/mol. The number of ether oxygens (including phenoxy) is 1. The topological polar surface area (TPSA) is 29.5 Å². The van der Waals surface area contributed by atoms with Crippen molar-refractivity contribution in [2.45, 2.75) is 13.0 Å². The monoisotopic (exact) mass is 217 g/mol. The van der Waals surface area contributed by atoms with Gasteiger partial charge in [-0.1, -0.05) is 18.7 Å². The van der Waals surface area contributed by atoms with E-state index in [0.29, 0.717) is 6.54 Å². The number of rotatable bonds is 2. The van der Waals surface area contributed by atoms with Crippen molar-refractivity contribution in [3.63, 3.8) is 0 Å². The fourth-order valence-electron chi connectivity index (χ4n) is 2.06. The van der Waals surface area contributed by atoms with Crippen molar-refractivity contribution in [1.29, 1.82) is 0 Å².